The summed E-state index contributed by atoms with van der Waals surface area (Å²) in [6.45, 7) is 2.05. The highest BCUT2D eigenvalue weighted by Crippen LogP contribution is 2.25. The molecule has 6 heteroatoms. The predicted molar refractivity (Wildman–Crippen MR) is 94.9 cm³/mol. The Hall–Kier alpha value is -2.89. The zero-order chi connectivity index (χ0) is 17.8. The Morgan fingerprint density at radius 3 is 2.44 bits per heavy atom. The molecule has 6 nitrogen and oxygen atoms in total. The molecule has 2 N–H and O–H groups in total. The van der Waals surface area contributed by atoms with Gasteiger partial charge in [-0.1, -0.05) is 38.0 Å². The van der Waals surface area contributed by atoms with Crippen molar-refractivity contribution in [2.75, 3.05) is 0 Å². The minimum absolute atomic E-state index is 0.0597. The minimum Gasteiger partial charge on any atom is -0.506 e. The van der Waals surface area contributed by atoms with Crippen molar-refractivity contribution in [1.29, 1.82) is 0 Å². The number of carboxylic acid groups (broad SMARTS) is 1. The molecule has 3 aromatic rings. The lowest BCUT2D eigenvalue weighted by molar-refractivity contribution is -0.142. The van der Waals surface area contributed by atoms with Crippen LogP contribution in [-0.2, 0) is 11.2 Å². The van der Waals surface area contributed by atoms with Gasteiger partial charge >= 0.3 is 5.97 Å². The van der Waals surface area contributed by atoms with E-state index < -0.39 is 11.9 Å². The van der Waals surface area contributed by atoms with E-state index in [0.717, 1.165) is 29.4 Å². The molecule has 0 spiro atoms. The molecule has 0 radical (unpaired) electrons. The molecular formula is C19H21N3O3. The normalized spacial score (nSPS) is 12.4. The molecule has 3 rings (SSSR count). The molecule has 0 fully saturated rings. The first-order chi connectivity index (χ1) is 12.1. The van der Waals surface area contributed by atoms with Crippen molar-refractivity contribution in [2.24, 2.45) is 5.92 Å². The van der Waals surface area contributed by atoms with Gasteiger partial charge in [0.15, 0.2) is 0 Å². The maximum atomic E-state index is 11.5. The van der Waals surface area contributed by atoms with Gasteiger partial charge in [-0.15, -0.1) is 15.0 Å². The fraction of sp³-hybridized carbons (Fsp3) is 0.316. The first-order valence-corrected chi connectivity index (χ1v) is 8.45. The van der Waals surface area contributed by atoms with Crippen LogP contribution in [0.15, 0.2) is 42.5 Å². The number of aromatic hydroxyl groups is 1. The van der Waals surface area contributed by atoms with E-state index in [1.807, 2.05) is 31.2 Å². The molecule has 0 saturated carbocycles. The SMILES string of the molecule is CCCCC(Cc1ccc(O)c(-n2nc3ccccc3n2)c1)C(=O)O. The lowest BCUT2D eigenvalue weighted by atomic mass is 9.94. The maximum absolute atomic E-state index is 11.5. The van der Waals surface area contributed by atoms with E-state index in [-0.39, 0.29) is 5.75 Å². The van der Waals surface area contributed by atoms with Crippen LogP contribution in [0.25, 0.3) is 16.7 Å². The van der Waals surface area contributed by atoms with Gasteiger partial charge < -0.3 is 10.2 Å². The van der Waals surface area contributed by atoms with Gasteiger partial charge in [0.2, 0.25) is 0 Å². The van der Waals surface area contributed by atoms with Gasteiger partial charge in [-0.2, -0.15) is 0 Å². The number of phenols is 1. The Morgan fingerprint density at radius 2 is 1.84 bits per heavy atom. The van der Waals surface area contributed by atoms with Crippen LogP contribution in [0.1, 0.15) is 31.7 Å². The number of benzene rings is 2. The van der Waals surface area contributed by atoms with Gasteiger partial charge in [-0.25, -0.2) is 0 Å². The average Bonchev–Trinajstić information content (AvgIpc) is 3.03. The molecule has 1 atom stereocenters. The predicted octanol–water partition coefficient (Wildman–Crippen LogP) is 3.56. The first-order valence-electron chi connectivity index (χ1n) is 8.45. The Balaban J connectivity index is 1.90. The number of unbranched alkanes of at least 4 members (excludes halogenated alkanes) is 1. The Kier molecular flexibility index (Phi) is 4.97. The minimum atomic E-state index is -0.786. The lowest BCUT2D eigenvalue weighted by Crippen LogP contribution is -2.16. The van der Waals surface area contributed by atoms with Crippen molar-refractivity contribution in [2.45, 2.75) is 32.6 Å². The number of carboxylic acids is 1. The highest BCUT2D eigenvalue weighted by molar-refractivity contribution is 5.73. The van der Waals surface area contributed by atoms with Crippen LogP contribution in [0.3, 0.4) is 0 Å². The van der Waals surface area contributed by atoms with Gasteiger partial charge in [0.1, 0.15) is 22.5 Å². The third kappa shape index (κ3) is 3.79. The third-order valence-corrected chi connectivity index (χ3v) is 4.28. The summed E-state index contributed by atoms with van der Waals surface area (Å²) in [5.74, 6) is -1.16. The Morgan fingerprint density at radius 1 is 1.16 bits per heavy atom. The van der Waals surface area contributed by atoms with Crippen molar-refractivity contribution in [3.05, 3.63) is 48.0 Å². The van der Waals surface area contributed by atoms with Crippen molar-refractivity contribution in [3.8, 4) is 11.4 Å². The lowest BCUT2D eigenvalue weighted by Gasteiger charge is -2.13. The van der Waals surface area contributed by atoms with Crippen LogP contribution < -0.4 is 0 Å². The summed E-state index contributed by atoms with van der Waals surface area (Å²) in [7, 11) is 0. The van der Waals surface area contributed by atoms with Crippen LogP contribution in [0.4, 0.5) is 0 Å². The van der Waals surface area contributed by atoms with Gasteiger partial charge in [0.25, 0.3) is 0 Å². The fourth-order valence-electron chi connectivity index (χ4n) is 2.87. The molecule has 2 aromatic carbocycles. The highest BCUT2D eigenvalue weighted by atomic mass is 16.4. The van der Waals surface area contributed by atoms with Gasteiger partial charge in [0.05, 0.1) is 5.92 Å². The number of rotatable bonds is 7. The highest BCUT2D eigenvalue weighted by Gasteiger charge is 2.18. The average molecular weight is 339 g/mol. The van der Waals surface area contributed by atoms with E-state index in [1.165, 1.54) is 4.80 Å². The number of fused-ring (bicyclic) bond motifs is 1. The Bertz CT molecular complexity index is 856. The van der Waals surface area contributed by atoms with Crippen molar-refractivity contribution in [1.82, 2.24) is 15.0 Å². The van der Waals surface area contributed by atoms with Crippen LogP contribution in [-0.4, -0.2) is 31.2 Å². The van der Waals surface area contributed by atoms with E-state index in [1.54, 1.807) is 18.2 Å². The maximum Gasteiger partial charge on any atom is 0.306 e. The molecule has 0 amide bonds. The van der Waals surface area contributed by atoms with Crippen molar-refractivity contribution < 1.29 is 15.0 Å². The topological polar surface area (TPSA) is 88.2 Å². The summed E-state index contributed by atoms with van der Waals surface area (Å²) in [5, 5.41) is 28.4. The van der Waals surface area contributed by atoms with Crippen LogP contribution in [0.2, 0.25) is 0 Å². The van der Waals surface area contributed by atoms with Gasteiger partial charge in [-0.3, -0.25) is 4.79 Å². The second kappa shape index (κ2) is 7.34. The number of hydrogen-bond donors (Lipinski definition) is 2. The number of carbonyl (C=O) groups is 1. The Labute approximate surface area is 145 Å². The summed E-state index contributed by atoms with van der Waals surface area (Å²) in [5.41, 5.74) is 2.77. The van der Waals surface area contributed by atoms with Crippen LogP contribution in [0, 0.1) is 5.92 Å². The van der Waals surface area contributed by atoms with Gasteiger partial charge in [0, 0.05) is 0 Å². The van der Waals surface area contributed by atoms with E-state index in [9.17, 15) is 15.0 Å². The first kappa shape index (κ1) is 17.0. The number of phenolic OH excluding ortho intramolecular Hbond substituents is 1. The van der Waals surface area contributed by atoms with Crippen molar-refractivity contribution >= 4 is 17.0 Å². The summed E-state index contributed by atoms with van der Waals surface area (Å²) in [6.07, 6.45) is 2.91. The number of nitrogens with zero attached hydrogens (tertiary/aromatic N) is 3. The molecule has 0 bridgehead atoms. The van der Waals surface area contributed by atoms with Crippen molar-refractivity contribution in [3.63, 3.8) is 0 Å². The molecule has 1 heterocycles. The second-order valence-electron chi connectivity index (χ2n) is 6.18. The molecule has 0 aliphatic rings. The molecule has 130 valence electrons. The summed E-state index contributed by atoms with van der Waals surface area (Å²) < 4.78 is 0. The second-order valence-corrected chi connectivity index (χ2v) is 6.18. The summed E-state index contributed by atoms with van der Waals surface area (Å²) in [4.78, 5) is 12.9. The number of hydrogen-bond acceptors (Lipinski definition) is 4. The smallest absolute Gasteiger partial charge is 0.306 e. The standard InChI is InChI=1S/C19H21N3O3/c1-2-3-6-14(19(24)25)11-13-9-10-18(23)17(12-13)22-20-15-7-4-5-8-16(15)21-22/h4-5,7-10,12,14,23H,2-3,6,11H2,1H3,(H,24,25). The largest absolute Gasteiger partial charge is 0.506 e. The number of aromatic nitrogens is 3. The molecule has 1 unspecified atom stereocenters. The molecule has 0 aliphatic heterocycles. The van der Waals surface area contributed by atoms with Crippen LogP contribution in [0.5, 0.6) is 5.75 Å². The quantitative estimate of drug-likeness (QED) is 0.687. The molecule has 0 saturated heterocycles. The third-order valence-electron chi connectivity index (χ3n) is 4.28. The summed E-state index contributed by atoms with van der Waals surface area (Å²) >= 11 is 0. The van der Waals surface area contributed by atoms with E-state index in [4.69, 9.17) is 0 Å². The molecular weight excluding hydrogens is 318 g/mol. The zero-order valence-electron chi connectivity index (χ0n) is 14.1. The van der Waals surface area contributed by atoms with E-state index in [0.29, 0.717) is 18.5 Å². The monoisotopic (exact) mass is 339 g/mol. The van der Waals surface area contributed by atoms with Gasteiger partial charge in [-0.05, 0) is 42.7 Å². The number of aliphatic carboxylic acids is 1. The van der Waals surface area contributed by atoms with Crippen LogP contribution >= 0.6 is 0 Å². The van der Waals surface area contributed by atoms with E-state index >= 15 is 0 Å². The molecule has 1 aromatic heterocycles. The fourth-order valence-corrected chi connectivity index (χ4v) is 2.87. The molecule has 25 heavy (non-hydrogen) atoms. The summed E-state index contributed by atoms with van der Waals surface area (Å²) in [6, 6.07) is 12.5. The van der Waals surface area contributed by atoms with E-state index in [2.05, 4.69) is 10.2 Å². The molecule has 0 aliphatic carbocycles. The zero-order valence-corrected chi connectivity index (χ0v) is 14.1.